The smallest absolute Gasteiger partial charge is 0.410 e. The normalized spacial score (nSPS) is 19.3. The highest BCUT2D eigenvalue weighted by Gasteiger charge is 2.51. The summed E-state index contributed by atoms with van der Waals surface area (Å²) < 4.78 is 24.7. The Hall–Kier alpha value is -3.43. The van der Waals surface area contributed by atoms with Gasteiger partial charge >= 0.3 is 6.09 Å². The molecule has 3 aromatic rings. The van der Waals surface area contributed by atoms with Crippen molar-refractivity contribution in [1.29, 1.82) is 0 Å². The summed E-state index contributed by atoms with van der Waals surface area (Å²) in [4.78, 5) is 19.1. The zero-order valence-electron chi connectivity index (χ0n) is 19.1. The van der Waals surface area contributed by atoms with Crippen molar-refractivity contribution in [1.82, 2.24) is 19.7 Å². The van der Waals surface area contributed by atoms with Crippen LogP contribution in [-0.2, 0) is 27.4 Å². The number of likely N-dealkylation sites (tertiary alicyclic amines) is 1. The largest absolute Gasteiger partial charge is 0.497 e. The van der Waals surface area contributed by atoms with Gasteiger partial charge in [-0.15, -0.1) is 0 Å². The summed E-state index contributed by atoms with van der Waals surface area (Å²) in [6, 6.07) is 17.5. The number of ether oxygens (including phenoxy) is 4. The van der Waals surface area contributed by atoms with Gasteiger partial charge < -0.3 is 23.8 Å². The molecular weight excluding hydrogens is 436 g/mol. The first-order chi connectivity index (χ1) is 16.6. The summed E-state index contributed by atoms with van der Waals surface area (Å²) in [6.45, 7) is 2.68. The van der Waals surface area contributed by atoms with Crippen molar-refractivity contribution in [3.63, 3.8) is 0 Å². The zero-order valence-corrected chi connectivity index (χ0v) is 19.1. The second kappa shape index (κ2) is 9.82. The van der Waals surface area contributed by atoms with E-state index in [1.807, 2.05) is 54.6 Å². The quantitative estimate of drug-likeness (QED) is 0.554. The third-order valence-electron chi connectivity index (χ3n) is 6.27. The molecule has 1 amide bonds. The summed E-state index contributed by atoms with van der Waals surface area (Å²) >= 11 is 0. The molecule has 1 spiro atoms. The fourth-order valence-corrected chi connectivity index (χ4v) is 4.45. The van der Waals surface area contributed by atoms with Gasteiger partial charge in [-0.3, -0.25) is 0 Å². The molecule has 1 unspecified atom stereocenters. The molecule has 9 heteroatoms. The highest BCUT2D eigenvalue weighted by atomic mass is 16.7. The maximum Gasteiger partial charge on any atom is 0.410 e. The van der Waals surface area contributed by atoms with E-state index in [-0.39, 0.29) is 18.6 Å². The number of carbonyl (C=O) groups excluding carboxylic acids is 1. The van der Waals surface area contributed by atoms with Crippen LogP contribution in [0.15, 0.2) is 60.9 Å². The molecule has 5 rings (SSSR count). The summed E-state index contributed by atoms with van der Waals surface area (Å²) in [5, 5.41) is 4.71. The standard InChI is InChI=1S/C25H28N4O5/c1-31-21-9-7-19(8-10-21)15-29-18-26-23(27-29)22-16-28(12-11-25(22)33-13-14-34-25)24(30)32-17-20-5-3-2-4-6-20/h2-10,18,22H,11-17H2,1H3. The monoisotopic (exact) mass is 464 g/mol. The van der Waals surface area contributed by atoms with Crippen LogP contribution >= 0.6 is 0 Å². The fourth-order valence-electron chi connectivity index (χ4n) is 4.45. The Bertz CT molecular complexity index is 1100. The molecule has 178 valence electrons. The van der Waals surface area contributed by atoms with E-state index in [1.165, 1.54) is 0 Å². The predicted molar refractivity (Wildman–Crippen MR) is 122 cm³/mol. The van der Waals surface area contributed by atoms with E-state index in [0.717, 1.165) is 16.9 Å². The number of methoxy groups -OCH3 is 1. The van der Waals surface area contributed by atoms with Crippen LogP contribution in [0.25, 0.3) is 0 Å². The van der Waals surface area contributed by atoms with E-state index < -0.39 is 5.79 Å². The van der Waals surface area contributed by atoms with Gasteiger partial charge in [-0.1, -0.05) is 42.5 Å². The first-order valence-electron chi connectivity index (χ1n) is 11.4. The lowest BCUT2D eigenvalue weighted by Crippen LogP contribution is -2.53. The molecule has 2 aliphatic rings. The lowest BCUT2D eigenvalue weighted by Gasteiger charge is -2.42. The predicted octanol–water partition coefficient (Wildman–Crippen LogP) is 3.20. The minimum atomic E-state index is -0.817. The minimum absolute atomic E-state index is 0.230. The number of aromatic nitrogens is 3. The van der Waals surface area contributed by atoms with Crippen LogP contribution in [0.1, 0.15) is 29.3 Å². The van der Waals surface area contributed by atoms with E-state index in [2.05, 4.69) is 4.98 Å². The second-order valence-electron chi connectivity index (χ2n) is 8.45. The summed E-state index contributed by atoms with van der Waals surface area (Å²) in [7, 11) is 1.65. The van der Waals surface area contributed by atoms with E-state index in [1.54, 1.807) is 23.0 Å². The molecule has 0 bridgehead atoms. The number of hydrogen-bond donors (Lipinski definition) is 0. The van der Waals surface area contributed by atoms with Crippen molar-refractivity contribution in [3.8, 4) is 5.75 Å². The highest BCUT2D eigenvalue weighted by molar-refractivity contribution is 5.68. The minimum Gasteiger partial charge on any atom is -0.497 e. The third kappa shape index (κ3) is 4.76. The van der Waals surface area contributed by atoms with Gasteiger partial charge in [0.1, 0.15) is 18.7 Å². The molecule has 3 heterocycles. The van der Waals surface area contributed by atoms with Crippen LogP contribution in [0.3, 0.4) is 0 Å². The average molecular weight is 465 g/mol. The topological polar surface area (TPSA) is 87.9 Å². The molecule has 0 saturated carbocycles. The number of carbonyl (C=O) groups is 1. The third-order valence-corrected chi connectivity index (χ3v) is 6.27. The molecule has 0 N–H and O–H groups in total. The van der Waals surface area contributed by atoms with Gasteiger partial charge in [-0.25, -0.2) is 14.5 Å². The van der Waals surface area contributed by atoms with Gasteiger partial charge in [0.15, 0.2) is 11.6 Å². The van der Waals surface area contributed by atoms with Crippen LogP contribution in [0, 0.1) is 0 Å². The van der Waals surface area contributed by atoms with Crippen LogP contribution in [0.2, 0.25) is 0 Å². The van der Waals surface area contributed by atoms with Crippen molar-refractivity contribution in [2.24, 2.45) is 0 Å². The Morgan fingerprint density at radius 3 is 2.59 bits per heavy atom. The Morgan fingerprint density at radius 1 is 1.09 bits per heavy atom. The number of amides is 1. The SMILES string of the molecule is COc1ccc(Cn2cnc(C3CN(C(=O)OCc4ccccc4)CCC34OCCO4)n2)cc1. The van der Waals surface area contributed by atoms with Gasteiger partial charge in [0.25, 0.3) is 0 Å². The Morgan fingerprint density at radius 2 is 1.85 bits per heavy atom. The zero-order chi connectivity index (χ0) is 23.4. The fraction of sp³-hybridized carbons (Fsp3) is 0.400. The first kappa shape index (κ1) is 22.4. The number of hydrogen-bond acceptors (Lipinski definition) is 7. The van der Waals surface area contributed by atoms with Crippen molar-refractivity contribution >= 4 is 6.09 Å². The van der Waals surface area contributed by atoms with Crippen molar-refractivity contribution < 1.29 is 23.7 Å². The molecule has 0 aliphatic carbocycles. The van der Waals surface area contributed by atoms with Gasteiger partial charge in [0, 0.05) is 19.5 Å². The van der Waals surface area contributed by atoms with Gasteiger partial charge in [0.05, 0.1) is 32.8 Å². The molecule has 1 atom stereocenters. The van der Waals surface area contributed by atoms with E-state index >= 15 is 0 Å². The molecule has 2 aliphatic heterocycles. The van der Waals surface area contributed by atoms with E-state index in [4.69, 9.17) is 24.0 Å². The maximum atomic E-state index is 12.8. The molecule has 9 nitrogen and oxygen atoms in total. The van der Waals surface area contributed by atoms with Crippen molar-refractivity contribution in [2.45, 2.75) is 31.3 Å². The van der Waals surface area contributed by atoms with Crippen LogP contribution in [0.5, 0.6) is 5.75 Å². The maximum absolute atomic E-state index is 12.8. The van der Waals surface area contributed by atoms with Gasteiger partial charge in [0.2, 0.25) is 0 Å². The van der Waals surface area contributed by atoms with Gasteiger partial charge in [-0.2, -0.15) is 5.10 Å². The lowest BCUT2D eigenvalue weighted by molar-refractivity contribution is -0.198. The summed E-state index contributed by atoms with van der Waals surface area (Å²) in [5.41, 5.74) is 2.03. The number of rotatable bonds is 6. The Balaban J connectivity index is 1.29. The number of benzene rings is 2. The lowest BCUT2D eigenvalue weighted by atomic mass is 9.90. The Labute approximate surface area is 198 Å². The molecule has 34 heavy (non-hydrogen) atoms. The van der Waals surface area contributed by atoms with Crippen LogP contribution in [0.4, 0.5) is 4.79 Å². The van der Waals surface area contributed by atoms with Crippen molar-refractivity contribution in [2.75, 3.05) is 33.4 Å². The highest BCUT2D eigenvalue weighted by Crippen LogP contribution is 2.41. The number of piperidine rings is 1. The second-order valence-corrected chi connectivity index (χ2v) is 8.45. The molecule has 1 aromatic heterocycles. The molecule has 2 aromatic carbocycles. The average Bonchev–Trinajstić information content (AvgIpc) is 3.54. The molecule has 0 radical (unpaired) electrons. The van der Waals surface area contributed by atoms with E-state index in [9.17, 15) is 4.79 Å². The first-order valence-corrected chi connectivity index (χ1v) is 11.4. The summed E-state index contributed by atoms with van der Waals surface area (Å²) in [5.74, 6) is 0.269. The van der Waals surface area contributed by atoms with E-state index in [0.29, 0.717) is 45.1 Å². The van der Waals surface area contributed by atoms with Crippen LogP contribution in [-0.4, -0.2) is 65.0 Å². The Kier molecular flexibility index (Phi) is 6.46. The van der Waals surface area contributed by atoms with Crippen molar-refractivity contribution in [3.05, 3.63) is 77.9 Å². The summed E-state index contributed by atoms with van der Waals surface area (Å²) in [6.07, 6.45) is 1.87. The number of nitrogens with zero attached hydrogens (tertiary/aromatic N) is 4. The molecule has 2 fully saturated rings. The molecule has 2 saturated heterocycles. The van der Waals surface area contributed by atoms with Gasteiger partial charge in [-0.05, 0) is 23.3 Å². The van der Waals surface area contributed by atoms with Crippen LogP contribution < -0.4 is 4.74 Å². The molecular formula is C25H28N4O5.